The normalized spacial score (nSPS) is 14.4. The Labute approximate surface area is 145 Å². The molecular weight excluding hydrogens is 325 g/mol. The molecule has 2 amide bonds. The Kier molecular flexibility index (Phi) is 5.33. The second kappa shape index (κ2) is 7.83. The van der Waals surface area contributed by atoms with Crippen molar-refractivity contribution in [2.45, 2.75) is 6.42 Å². The summed E-state index contributed by atoms with van der Waals surface area (Å²) in [6.45, 7) is 2.55. The van der Waals surface area contributed by atoms with E-state index in [1.165, 1.54) is 18.6 Å². The Morgan fingerprint density at radius 2 is 1.88 bits per heavy atom. The van der Waals surface area contributed by atoms with Gasteiger partial charge in [-0.15, -0.1) is 0 Å². The number of hydrogen-bond donors (Lipinski definition) is 1. The minimum absolute atomic E-state index is 0.0133. The number of nitrogens with one attached hydrogen (secondary N) is 1. The van der Waals surface area contributed by atoms with E-state index in [2.05, 4.69) is 5.32 Å². The van der Waals surface area contributed by atoms with Gasteiger partial charge in [0.1, 0.15) is 12.1 Å². The van der Waals surface area contributed by atoms with Crippen molar-refractivity contribution in [3.63, 3.8) is 0 Å². The monoisotopic (exact) mass is 345 g/mol. The van der Waals surface area contributed by atoms with Crippen LogP contribution in [0.1, 0.15) is 16.8 Å². The van der Waals surface area contributed by atoms with Crippen LogP contribution in [0.4, 0.5) is 10.1 Å². The fraction of sp³-hybridized carbons (Fsp3) is 0.333. The van der Waals surface area contributed by atoms with Gasteiger partial charge in [0, 0.05) is 39.1 Å². The van der Waals surface area contributed by atoms with Crippen molar-refractivity contribution in [3.8, 4) is 0 Å². The Balaban J connectivity index is 1.42. The van der Waals surface area contributed by atoms with E-state index in [1.807, 2.05) is 4.90 Å². The first-order valence-corrected chi connectivity index (χ1v) is 8.23. The van der Waals surface area contributed by atoms with Crippen LogP contribution in [0.25, 0.3) is 0 Å². The molecule has 2 heterocycles. The van der Waals surface area contributed by atoms with Crippen molar-refractivity contribution in [2.24, 2.45) is 0 Å². The maximum Gasteiger partial charge on any atom is 0.254 e. The summed E-state index contributed by atoms with van der Waals surface area (Å²) in [6.07, 6.45) is 3.03. The second-order valence-electron chi connectivity index (χ2n) is 5.84. The number of hydrogen-bond acceptors (Lipinski definition) is 4. The van der Waals surface area contributed by atoms with Crippen LogP contribution in [0.15, 0.2) is 47.3 Å². The Morgan fingerprint density at radius 1 is 1.12 bits per heavy atom. The smallest absolute Gasteiger partial charge is 0.254 e. The molecule has 0 atom stereocenters. The van der Waals surface area contributed by atoms with Gasteiger partial charge >= 0.3 is 0 Å². The number of amides is 2. The van der Waals surface area contributed by atoms with Crippen LogP contribution in [-0.4, -0.2) is 49.4 Å². The predicted octanol–water partition coefficient (Wildman–Crippen LogP) is 1.89. The zero-order valence-electron chi connectivity index (χ0n) is 13.8. The number of carbonyl (C=O) groups excluding carboxylic acids is 2. The fourth-order valence-electron chi connectivity index (χ4n) is 2.84. The quantitative estimate of drug-likeness (QED) is 0.899. The number of carbonyl (C=O) groups is 2. The lowest BCUT2D eigenvalue weighted by molar-refractivity contribution is -0.131. The van der Waals surface area contributed by atoms with Gasteiger partial charge in [0.25, 0.3) is 5.91 Å². The predicted molar refractivity (Wildman–Crippen MR) is 90.9 cm³/mol. The molecule has 25 heavy (non-hydrogen) atoms. The number of nitrogens with zero attached hydrogens (tertiary/aromatic N) is 2. The summed E-state index contributed by atoms with van der Waals surface area (Å²) in [6, 6.07) is 8.22. The highest BCUT2D eigenvalue weighted by molar-refractivity contribution is 5.94. The average molecular weight is 345 g/mol. The van der Waals surface area contributed by atoms with E-state index in [4.69, 9.17) is 4.42 Å². The van der Waals surface area contributed by atoms with Crippen LogP contribution >= 0.6 is 0 Å². The van der Waals surface area contributed by atoms with Gasteiger partial charge in [0.2, 0.25) is 5.91 Å². The van der Waals surface area contributed by atoms with E-state index < -0.39 is 0 Å². The summed E-state index contributed by atoms with van der Waals surface area (Å²) in [4.78, 5) is 27.7. The zero-order valence-corrected chi connectivity index (χ0v) is 13.8. The fourth-order valence-corrected chi connectivity index (χ4v) is 2.84. The summed E-state index contributed by atoms with van der Waals surface area (Å²) in [5.41, 5.74) is 1.01. The molecule has 1 N–H and O–H groups in total. The van der Waals surface area contributed by atoms with Crippen molar-refractivity contribution in [3.05, 3.63) is 54.2 Å². The molecule has 7 heteroatoms. The molecule has 0 saturated carbocycles. The number of halogens is 1. The molecule has 6 nitrogen and oxygen atoms in total. The third-order valence-electron chi connectivity index (χ3n) is 4.23. The molecule has 0 bridgehead atoms. The summed E-state index contributed by atoms with van der Waals surface area (Å²) in [5.74, 6) is -0.518. The van der Waals surface area contributed by atoms with Crippen LogP contribution < -0.4 is 10.2 Å². The van der Waals surface area contributed by atoms with E-state index in [1.54, 1.807) is 29.2 Å². The first-order chi connectivity index (χ1) is 12.1. The molecule has 0 spiro atoms. The summed E-state index contributed by atoms with van der Waals surface area (Å²) in [7, 11) is 0. The van der Waals surface area contributed by atoms with Crippen LogP contribution in [0.5, 0.6) is 0 Å². The SMILES string of the molecule is O=C(NCCC(=O)N1CCN(c2ccccc2F)CC1)c1ccoc1. The third-order valence-corrected chi connectivity index (χ3v) is 4.23. The highest BCUT2D eigenvalue weighted by Gasteiger charge is 2.22. The van der Waals surface area contributed by atoms with Gasteiger partial charge < -0.3 is 19.5 Å². The molecular formula is C18H20FN3O3. The Morgan fingerprint density at radius 3 is 2.56 bits per heavy atom. The molecule has 132 valence electrons. The molecule has 1 aromatic heterocycles. The van der Waals surface area contributed by atoms with E-state index in [0.717, 1.165) is 0 Å². The van der Waals surface area contributed by atoms with Crippen molar-refractivity contribution in [2.75, 3.05) is 37.6 Å². The molecule has 1 fully saturated rings. The lowest BCUT2D eigenvalue weighted by atomic mass is 10.2. The first-order valence-electron chi connectivity index (χ1n) is 8.23. The topological polar surface area (TPSA) is 65.8 Å². The van der Waals surface area contributed by atoms with Gasteiger partial charge in [-0.05, 0) is 18.2 Å². The van der Waals surface area contributed by atoms with E-state index in [0.29, 0.717) is 37.4 Å². The van der Waals surface area contributed by atoms with Gasteiger partial charge in [-0.3, -0.25) is 9.59 Å². The number of piperazine rings is 1. The van der Waals surface area contributed by atoms with E-state index in [9.17, 15) is 14.0 Å². The molecule has 1 aliphatic heterocycles. The Hall–Kier alpha value is -2.83. The van der Waals surface area contributed by atoms with Crippen LogP contribution in [0.2, 0.25) is 0 Å². The lowest BCUT2D eigenvalue weighted by Crippen LogP contribution is -2.49. The summed E-state index contributed by atoms with van der Waals surface area (Å²) >= 11 is 0. The summed E-state index contributed by atoms with van der Waals surface area (Å²) < 4.78 is 18.7. The Bertz CT molecular complexity index is 725. The number of furan rings is 1. The van der Waals surface area contributed by atoms with Gasteiger partial charge in [0.15, 0.2) is 0 Å². The molecule has 1 aromatic carbocycles. The number of rotatable bonds is 5. The second-order valence-corrected chi connectivity index (χ2v) is 5.84. The van der Waals surface area contributed by atoms with Gasteiger partial charge in [-0.1, -0.05) is 12.1 Å². The van der Waals surface area contributed by atoms with Crippen molar-refractivity contribution in [1.82, 2.24) is 10.2 Å². The van der Waals surface area contributed by atoms with E-state index in [-0.39, 0.29) is 30.6 Å². The minimum atomic E-state index is -0.258. The largest absolute Gasteiger partial charge is 0.472 e. The molecule has 0 unspecified atom stereocenters. The van der Waals surface area contributed by atoms with Crippen LogP contribution in [-0.2, 0) is 4.79 Å². The first kappa shape index (κ1) is 17.0. The third kappa shape index (κ3) is 4.17. The highest BCUT2D eigenvalue weighted by Crippen LogP contribution is 2.20. The molecule has 1 aliphatic rings. The van der Waals surface area contributed by atoms with Crippen molar-refractivity contribution >= 4 is 17.5 Å². The summed E-state index contributed by atoms with van der Waals surface area (Å²) in [5, 5.41) is 2.69. The average Bonchev–Trinajstić information content (AvgIpc) is 3.17. The van der Waals surface area contributed by atoms with Gasteiger partial charge in [-0.2, -0.15) is 0 Å². The van der Waals surface area contributed by atoms with Crippen molar-refractivity contribution < 1.29 is 18.4 Å². The van der Waals surface area contributed by atoms with E-state index >= 15 is 0 Å². The molecule has 3 rings (SSSR count). The lowest BCUT2D eigenvalue weighted by Gasteiger charge is -2.36. The van der Waals surface area contributed by atoms with Gasteiger partial charge in [-0.25, -0.2) is 4.39 Å². The zero-order chi connectivity index (χ0) is 17.6. The maximum atomic E-state index is 13.8. The molecule has 0 aliphatic carbocycles. The number of para-hydroxylation sites is 1. The number of anilines is 1. The molecule has 2 aromatic rings. The van der Waals surface area contributed by atoms with Crippen LogP contribution in [0.3, 0.4) is 0 Å². The maximum absolute atomic E-state index is 13.8. The minimum Gasteiger partial charge on any atom is -0.472 e. The molecule has 0 radical (unpaired) electrons. The van der Waals surface area contributed by atoms with Gasteiger partial charge in [0.05, 0.1) is 17.5 Å². The molecule has 1 saturated heterocycles. The van der Waals surface area contributed by atoms with Crippen molar-refractivity contribution in [1.29, 1.82) is 0 Å². The highest BCUT2D eigenvalue weighted by atomic mass is 19.1. The van der Waals surface area contributed by atoms with Crippen LogP contribution in [0, 0.1) is 5.82 Å². The standard InChI is InChI=1S/C18H20FN3O3/c19-15-3-1-2-4-16(15)21-8-10-22(11-9-21)17(23)5-7-20-18(24)14-6-12-25-13-14/h1-4,6,12-13H,5,7-11H2,(H,20,24). The number of benzene rings is 1.